The summed E-state index contributed by atoms with van der Waals surface area (Å²) in [6.45, 7) is 0. The van der Waals surface area contributed by atoms with E-state index in [2.05, 4.69) is 185 Å². The van der Waals surface area contributed by atoms with Crippen LogP contribution in [0.1, 0.15) is 0 Å². The number of rotatable bonds is 5. The van der Waals surface area contributed by atoms with Gasteiger partial charge in [-0.2, -0.15) is 0 Å². The third kappa shape index (κ3) is 4.73. The molecule has 0 unspecified atom stereocenters. The van der Waals surface area contributed by atoms with Crippen LogP contribution in [0.3, 0.4) is 0 Å². The Morgan fingerprint density at radius 1 is 0.340 bits per heavy atom. The Morgan fingerprint density at radius 2 is 0.925 bits per heavy atom. The van der Waals surface area contributed by atoms with Gasteiger partial charge in [-0.3, -0.25) is 4.57 Å². The molecule has 0 saturated heterocycles. The average Bonchev–Trinajstić information content (AvgIpc) is 3.91. The minimum absolute atomic E-state index is 0.891. The van der Waals surface area contributed by atoms with Gasteiger partial charge < -0.3 is 8.98 Å². The number of benzene rings is 8. The van der Waals surface area contributed by atoms with E-state index in [1.54, 1.807) is 0 Å². The molecule has 0 atom stereocenters. The van der Waals surface area contributed by atoms with Crippen LogP contribution in [0.2, 0.25) is 0 Å². The Balaban J connectivity index is 1.15. The first kappa shape index (κ1) is 29.5. The van der Waals surface area contributed by atoms with Crippen LogP contribution in [-0.2, 0) is 0 Å². The molecule has 0 saturated carbocycles. The van der Waals surface area contributed by atoms with E-state index in [9.17, 15) is 0 Å². The zero-order valence-electron chi connectivity index (χ0n) is 28.6. The normalized spacial score (nSPS) is 11.8. The molecule has 4 heteroatoms. The Kier molecular flexibility index (Phi) is 6.52. The van der Waals surface area contributed by atoms with E-state index in [0.717, 1.165) is 78.0 Å². The van der Waals surface area contributed by atoms with Gasteiger partial charge in [0.15, 0.2) is 0 Å². The van der Waals surface area contributed by atoms with Crippen molar-refractivity contribution in [3.8, 4) is 45.0 Å². The van der Waals surface area contributed by atoms with Gasteiger partial charge in [0.2, 0.25) is 0 Å². The lowest BCUT2D eigenvalue weighted by Crippen LogP contribution is -1.98. The van der Waals surface area contributed by atoms with Gasteiger partial charge in [-0.05, 0) is 101 Å². The van der Waals surface area contributed by atoms with Crippen molar-refractivity contribution in [3.63, 3.8) is 0 Å². The highest BCUT2D eigenvalue weighted by atomic mass is 16.3. The van der Waals surface area contributed by atoms with Gasteiger partial charge in [0, 0.05) is 38.5 Å². The molecular weight excluding hydrogens is 647 g/mol. The summed E-state index contributed by atoms with van der Waals surface area (Å²) in [5.41, 5.74) is 14.0. The zero-order chi connectivity index (χ0) is 34.9. The standard InChI is InChI=1S/C49H31N3O/c1-2-15-37(16-3-1)52-46-23-10-7-20-43(46)50-49(52)34-14-12-13-32(27-34)35-28-36(33-25-26-48-42(31-33)41-19-6-11-24-47(41)53-48)30-38(29-35)51-44-21-8-4-17-39(44)40-18-5-9-22-45(40)51/h1-31H. The predicted molar refractivity (Wildman–Crippen MR) is 219 cm³/mol. The van der Waals surface area contributed by atoms with E-state index in [1.165, 1.54) is 21.8 Å². The van der Waals surface area contributed by atoms with Crippen LogP contribution < -0.4 is 0 Å². The number of furan rings is 1. The summed E-state index contributed by atoms with van der Waals surface area (Å²) in [7, 11) is 0. The molecule has 11 aromatic rings. The molecule has 0 fully saturated rings. The first-order valence-corrected chi connectivity index (χ1v) is 18.0. The van der Waals surface area contributed by atoms with E-state index in [4.69, 9.17) is 9.40 Å². The quantitative estimate of drug-likeness (QED) is 0.182. The van der Waals surface area contributed by atoms with E-state index >= 15 is 0 Å². The molecule has 0 bridgehead atoms. The Labute approximate surface area is 305 Å². The number of nitrogens with zero attached hydrogens (tertiary/aromatic N) is 3. The summed E-state index contributed by atoms with van der Waals surface area (Å²) in [6.07, 6.45) is 0. The van der Waals surface area contributed by atoms with Crippen molar-refractivity contribution < 1.29 is 4.42 Å². The number of imidazole rings is 1. The third-order valence-corrected chi connectivity index (χ3v) is 10.5. The highest BCUT2D eigenvalue weighted by Crippen LogP contribution is 2.39. The van der Waals surface area contributed by atoms with Crippen molar-refractivity contribution in [1.82, 2.24) is 14.1 Å². The van der Waals surface area contributed by atoms with Gasteiger partial charge in [0.1, 0.15) is 17.0 Å². The molecule has 0 radical (unpaired) electrons. The molecule has 8 aromatic carbocycles. The fourth-order valence-corrected chi connectivity index (χ4v) is 8.08. The topological polar surface area (TPSA) is 35.9 Å². The molecule has 248 valence electrons. The summed E-state index contributed by atoms with van der Waals surface area (Å²) in [4.78, 5) is 5.18. The number of hydrogen-bond donors (Lipinski definition) is 0. The highest BCUT2D eigenvalue weighted by Gasteiger charge is 2.18. The summed E-state index contributed by atoms with van der Waals surface area (Å²) < 4.78 is 10.9. The van der Waals surface area contributed by atoms with Crippen LogP contribution in [0.5, 0.6) is 0 Å². The summed E-state index contributed by atoms with van der Waals surface area (Å²) in [5.74, 6) is 0.912. The lowest BCUT2D eigenvalue weighted by molar-refractivity contribution is 0.669. The van der Waals surface area contributed by atoms with E-state index < -0.39 is 0 Å². The van der Waals surface area contributed by atoms with E-state index in [1.807, 2.05) is 12.1 Å². The minimum atomic E-state index is 0.891. The molecule has 0 aliphatic carbocycles. The summed E-state index contributed by atoms with van der Waals surface area (Å²) in [5, 5.41) is 4.71. The van der Waals surface area contributed by atoms with Gasteiger partial charge in [-0.25, -0.2) is 4.98 Å². The molecule has 4 nitrogen and oxygen atoms in total. The van der Waals surface area contributed by atoms with Crippen LogP contribution in [0, 0.1) is 0 Å². The average molecular weight is 678 g/mol. The molecular formula is C49H31N3O. The third-order valence-electron chi connectivity index (χ3n) is 10.5. The molecule has 0 aliphatic heterocycles. The first-order valence-electron chi connectivity index (χ1n) is 18.0. The highest BCUT2D eigenvalue weighted by molar-refractivity contribution is 6.10. The predicted octanol–water partition coefficient (Wildman–Crippen LogP) is 13.0. The Morgan fingerprint density at radius 3 is 1.70 bits per heavy atom. The molecule has 53 heavy (non-hydrogen) atoms. The van der Waals surface area contributed by atoms with Gasteiger partial charge in [-0.1, -0.05) is 109 Å². The van der Waals surface area contributed by atoms with Crippen molar-refractivity contribution in [2.24, 2.45) is 0 Å². The van der Waals surface area contributed by atoms with Gasteiger partial charge >= 0.3 is 0 Å². The number of hydrogen-bond acceptors (Lipinski definition) is 2. The molecule has 0 amide bonds. The molecule has 0 aliphatic rings. The second-order valence-electron chi connectivity index (χ2n) is 13.6. The van der Waals surface area contributed by atoms with Gasteiger partial charge in [-0.15, -0.1) is 0 Å². The monoisotopic (exact) mass is 677 g/mol. The van der Waals surface area contributed by atoms with Crippen molar-refractivity contribution in [1.29, 1.82) is 0 Å². The smallest absolute Gasteiger partial charge is 0.145 e. The Bertz CT molecular complexity index is 3130. The lowest BCUT2D eigenvalue weighted by Gasteiger charge is -2.15. The van der Waals surface area contributed by atoms with Crippen LogP contribution in [0.25, 0.3) is 99.8 Å². The SMILES string of the molecule is c1ccc(-n2c(-c3cccc(-c4cc(-c5ccc6oc7ccccc7c6c5)cc(-n5c6ccccc6c6ccccc65)c4)c3)nc3ccccc32)cc1. The fraction of sp³-hybridized carbons (Fsp3) is 0. The maximum atomic E-state index is 6.22. The molecule has 0 N–H and O–H groups in total. The number of para-hydroxylation sites is 6. The summed E-state index contributed by atoms with van der Waals surface area (Å²) in [6, 6.07) is 66.8. The van der Waals surface area contributed by atoms with Crippen molar-refractivity contribution >= 4 is 54.8 Å². The lowest BCUT2D eigenvalue weighted by atomic mass is 9.96. The van der Waals surface area contributed by atoms with Gasteiger partial charge in [0.05, 0.1) is 22.1 Å². The minimum Gasteiger partial charge on any atom is -0.456 e. The van der Waals surface area contributed by atoms with E-state index in [0.29, 0.717) is 0 Å². The molecule has 0 spiro atoms. The fourth-order valence-electron chi connectivity index (χ4n) is 8.08. The molecule has 3 aromatic heterocycles. The maximum Gasteiger partial charge on any atom is 0.145 e. The number of fused-ring (bicyclic) bond motifs is 7. The van der Waals surface area contributed by atoms with Gasteiger partial charge in [0.25, 0.3) is 0 Å². The van der Waals surface area contributed by atoms with Crippen LogP contribution >= 0.6 is 0 Å². The second-order valence-corrected chi connectivity index (χ2v) is 13.6. The maximum absolute atomic E-state index is 6.22. The zero-order valence-corrected chi connectivity index (χ0v) is 28.6. The van der Waals surface area contributed by atoms with E-state index in [-0.39, 0.29) is 0 Å². The van der Waals surface area contributed by atoms with Crippen molar-refractivity contribution in [2.45, 2.75) is 0 Å². The molecule has 11 rings (SSSR count). The largest absolute Gasteiger partial charge is 0.456 e. The summed E-state index contributed by atoms with van der Waals surface area (Å²) >= 11 is 0. The Hall–Kier alpha value is -7.17. The number of aromatic nitrogens is 3. The van der Waals surface area contributed by atoms with Crippen LogP contribution in [0.4, 0.5) is 0 Å². The molecule has 3 heterocycles. The van der Waals surface area contributed by atoms with Crippen LogP contribution in [0.15, 0.2) is 192 Å². The second kappa shape index (κ2) is 11.7. The van der Waals surface area contributed by atoms with Crippen molar-refractivity contribution in [3.05, 3.63) is 188 Å². The van der Waals surface area contributed by atoms with Crippen LogP contribution in [-0.4, -0.2) is 14.1 Å². The van der Waals surface area contributed by atoms with Crippen molar-refractivity contribution in [2.75, 3.05) is 0 Å². The first-order chi connectivity index (χ1) is 26.3.